The van der Waals surface area contributed by atoms with Crippen molar-refractivity contribution >= 4 is 21.7 Å². The minimum Gasteiger partial charge on any atom is -0.296 e. The Labute approximate surface area is 104 Å². The maximum Gasteiger partial charge on any atom is 0.228 e. The first kappa shape index (κ1) is 12.9. The Balaban J connectivity index is 2.15. The molecule has 1 atom stereocenters. The summed E-state index contributed by atoms with van der Waals surface area (Å²) < 4.78 is 34.9. The van der Waals surface area contributed by atoms with E-state index in [4.69, 9.17) is 5.14 Å². The Kier molecular flexibility index (Phi) is 3.31. The lowest BCUT2D eigenvalue weighted by Crippen LogP contribution is -2.28. The summed E-state index contributed by atoms with van der Waals surface area (Å²) in [4.78, 5) is 16.9. The minimum atomic E-state index is -3.62. The number of carbonyl (C=O) groups excluding carboxylic acids is 1. The maximum absolute atomic E-state index is 13.0. The van der Waals surface area contributed by atoms with Crippen LogP contribution < -0.4 is 10.0 Å². The highest BCUT2D eigenvalue weighted by atomic mass is 32.2. The molecule has 2 heterocycles. The van der Waals surface area contributed by atoms with Crippen LogP contribution >= 0.6 is 0 Å². The van der Waals surface area contributed by atoms with Gasteiger partial charge in [0.15, 0.2) is 0 Å². The first-order valence-corrected chi connectivity index (χ1v) is 6.99. The van der Waals surface area contributed by atoms with Gasteiger partial charge < -0.3 is 0 Å². The lowest BCUT2D eigenvalue weighted by molar-refractivity contribution is -0.117. The molecular formula is C10H12FN3O3S. The van der Waals surface area contributed by atoms with Crippen LogP contribution in [0.2, 0.25) is 0 Å². The third kappa shape index (κ3) is 3.02. The van der Waals surface area contributed by atoms with Gasteiger partial charge in [0.2, 0.25) is 15.9 Å². The molecule has 0 saturated carbocycles. The van der Waals surface area contributed by atoms with Gasteiger partial charge in [-0.15, -0.1) is 0 Å². The standard InChI is InChI=1S/C10H12FN3O3S/c11-8-1-2-13-9(4-8)14-5-7(3-10(14)15)6-18(12,16)17/h1-2,4,7H,3,5-6H2,(H2,12,16,17). The van der Waals surface area contributed by atoms with Crippen LogP contribution in [0.25, 0.3) is 0 Å². The summed E-state index contributed by atoms with van der Waals surface area (Å²) in [6.07, 6.45) is 1.33. The van der Waals surface area contributed by atoms with Crippen LogP contribution in [-0.4, -0.2) is 31.6 Å². The van der Waals surface area contributed by atoms with E-state index in [1.54, 1.807) is 0 Å². The Bertz CT molecular complexity index is 575. The Morgan fingerprint density at radius 3 is 2.89 bits per heavy atom. The van der Waals surface area contributed by atoms with E-state index in [1.165, 1.54) is 17.2 Å². The molecule has 0 radical (unpaired) electrons. The Hall–Kier alpha value is -1.54. The van der Waals surface area contributed by atoms with Crippen molar-refractivity contribution < 1.29 is 17.6 Å². The van der Waals surface area contributed by atoms with E-state index < -0.39 is 15.8 Å². The first-order valence-electron chi connectivity index (χ1n) is 5.27. The van der Waals surface area contributed by atoms with E-state index in [-0.39, 0.29) is 36.4 Å². The maximum atomic E-state index is 13.0. The predicted molar refractivity (Wildman–Crippen MR) is 62.6 cm³/mol. The third-order valence-electron chi connectivity index (χ3n) is 2.66. The summed E-state index contributed by atoms with van der Waals surface area (Å²) in [6.45, 7) is 0.186. The topological polar surface area (TPSA) is 93.4 Å². The van der Waals surface area contributed by atoms with Crippen LogP contribution in [0, 0.1) is 11.7 Å². The molecule has 1 fully saturated rings. The molecule has 1 aromatic heterocycles. The molecule has 1 unspecified atom stereocenters. The van der Waals surface area contributed by atoms with Crippen molar-refractivity contribution in [3.05, 3.63) is 24.1 Å². The van der Waals surface area contributed by atoms with Gasteiger partial charge in [-0.25, -0.2) is 22.9 Å². The predicted octanol–water partition coefficient (Wildman–Crippen LogP) is -0.138. The van der Waals surface area contributed by atoms with E-state index in [0.29, 0.717) is 0 Å². The summed E-state index contributed by atoms with van der Waals surface area (Å²) in [5.41, 5.74) is 0. The van der Waals surface area contributed by atoms with E-state index in [2.05, 4.69) is 4.98 Å². The molecule has 1 aromatic rings. The van der Waals surface area contributed by atoms with Gasteiger partial charge in [0.05, 0.1) is 5.75 Å². The molecule has 0 aliphatic carbocycles. The number of amides is 1. The smallest absolute Gasteiger partial charge is 0.228 e. The summed E-state index contributed by atoms with van der Waals surface area (Å²) in [5.74, 6) is -1.22. The monoisotopic (exact) mass is 273 g/mol. The largest absolute Gasteiger partial charge is 0.296 e. The van der Waals surface area contributed by atoms with Gasteiger partial charge in [0.25, 0.3) is 0 Å². The highest BCUT2D eigenvalue weighted by Crippen LogP contribution is 2.24. The Morgan fingerprint density at radius 1 is 1.56 bits per heavy atom. The summed E-state index contributed by atoms with van der Waals surface area (Å²) in [6, 6.07) is 2.31. The van der Waals surface area contributed by atoms with E-state index in [9.17, 15) is 17.6 Å². The average Bonchev–Trinajstić information content (AvgIpc) is 2.56. The van der Waals surface area contributed by atoms with Crippen molar-refractivity contribution in [2.24, 2.45) is 11.1 Å². The van der Waals surface area contributed by atoms with E-state index in [1.807, 2.05) is 0 Å². The van der Waals surface area contributed by atoms with Crippen molar-refractivity contribution in [2.75, 3.05) is 17.2 Å². The lowest BCUT2D eigenvalue weighted by Gasteiger charge is -2.15. The fraction of sp³-hybridized carbons (Fsp3) is 0.400. The zero-order chi connectivity index (χ0) is 13.3. The number of nitrogens with two attached hydrogens (primary N) is 1. The highest BCUT2D eigenvalue weighted by molar-refractivity contribution is 7.89. The quantitative estimate of drug-likeness (QED) is 0.829. The van der Waals surface area contributed by atoms with Crippen molar-refractivity contribution in [2.45, 2.75) is 6.42 Å². The molecule has 6 nitrogen and oxygen atoms in total. The number of halogens is 1. The zero-order valence-electron chi connectivity index (χ0n) is 9.41. The van der Waals surface area contributed by atoms with Gasteiger partial charge >= 0.3 is 0 Å². The SMILES string of the molecule is NS(=O)(=O)CC1CC(=O)N(c2cc(F)ccn2)C1. The van der Waals surface area contributed by atoms with Crippen molar-refractivity contribution in [3.8, 4) is 0 Å². The highest BCUT2D eigenvalue weighted by Gasteiger charge is 2.33. The van der Waals surface area contributed by atoms with Crippen LogP contribution in [0.5, 0.6) is 0 Å². The number of carbonyl (C=O) groups is 1. The van der Waals surface area contributed by atoms with Crippen LogP contribution in [0.1, 0.15) is 6.42 Å². The molecule has 18 heavy (non-hydrogen) atoms. The van der Waals surface area contributed by atoms with Gasteiger partial charge in [-0.1, -0.05) is 0 Å². The van der Waals surface area contributed by atoms with Gasteiger partial charge in [-0.05, 0) is 6.07 Å². The minimum absolute atomic E-state index is 0.0780. The van der Waals surface area contributed by atoms with Gasteiger partial charge in [0.1, 0.15) is 11.6 Å². The fourth-order valence-corrected chi connectivity index (χ4v) is 2.86. The second-order valence-electron chi connectivity index (χ2n) is 4.24. The number of rotatable bonds is 3. The van der Waals surface area contributed by atoms with Gasteiger partial charge in [-0.2, -0.15) is 0 Å². The number of primary sulfonamides is 1. The molecular weight excluding hydrogens is 261 g/mol. The first-order chi connectivity index (χ1) is 8.35. The number of anilines is 1. The molecule has 1 aliphatic rings. The van der Waals surface area contributed by atoms with Gasteiger partial charge in [-0.3, -0.25) is 9.69 Å². The van der Waals surface area contributed by atoms with Crippen LogP contribution in [0.4, 0.5) is 10.2 Å². The summed E-state index contributed by atoms with van der Waals surface area (Å²) in [5, 5.41) is 4.94. The summed E-state index contributed by atoms with van der Waals surface area (Å²) in [7, 11) is -3.62. The molecule has 0 bridgehead atoms. The van der Waals surface area contributed by atoms with Crippen molar-refractivity contribution in [3.63, 3.8) is 0 Å². The molecule has 2 N–H and O–H groups in total. The fourth-order valence-electron chi connectivity index (χ4n) is 1.98. The van der Waals surface area contributed by atoms with Crippen molar-refractivity contribution in [1.82, 2.24) is 4.98 Å². The van der Waals surface area contributed by atoms with Crippen LogP contribution in [0.3, 0.4) is 0 Å². The van der Waals surface area contributed by atoms with Crippen LogP contribution in [-0.2, 0) is 14.8 Å². The third-order valence-corrected chi connectivity index (χ3v) is 3.59. The Morgan fingerprint density at radius 2 is 2.28 bits per heavy atom. The van der Waals surface area contributed by atoms with Crippen molar-refractivity contribution in [1.29, 1.82) is 0 Å². The molecule has 2 rings (SSSR count). The second-order valence-corrected chi connectivity index (χ2v) is 5.90. The lowest BCUT2D eigenvalue weighted by atomic mass is 10.1. The number of hydrogen-bond acceptors (Lipinski definition) is 4. The molecule has 1 saturated heterocycles. The van der Waals surface area contributed by atoms with E-state index in [0.717, 1.165) is 6.07 Å². The molecule has 0 aromatic carbocycles. The number of pyridine rings is 1. The number of nitrogens with zero attached hydrogens (tertiary/aromatic N) is 2. The molecule has 1 amide bonds. The van der Waals surface area contributed by atoms with Gasteiger partial charge in [0, 0.05) is 31.1 Å². The molecule has 8 heteroatoms. The number of hydrogen-bond donors (Lipinski definition) is 1. The zero-order valence-corrected chi connectivity index (χ0v) is 10.2. The average molecular weight is 273 g/mol. The molecule has 98 valence electrons. The van der Waals surface area contributed by atoms with E-state index >= 15 is 0 Å². The normalized spacial score (nSPS) is 20.4. The number of aromatic nitrogens is 1. The number of sulfonamides is 1. The molecule has 1 aliphatic heterocycles. The molecule has 0 spiro atoms. The second kappa shape index (κ2) is 4.62. The van der Waals surface area contributed by atoms with Crippen LogP contribution in [0.15, 0.2) is 18.3 Å². The summed E-state index contributed by atoms with van der Waals surface area (Å²) >= 11 is 0.